The molecule has 0 spiro atoms. The number of aromatic amines is 1. The van der Waals surface area contributed by atoms with Gasteiger partial charge in [-0.1, -0.05) is 92.7 Å². The van der Waals surface area contributed by atoms with Crippen molar-refractivity contribution in [3.63, 3.8) is 0 Å². The summed E-state index contributed by atoms with van der Waals surface area (Å²) < 4.78 is 23.7. The highest BCUT2D eigenvalue weighted by Gasteiger charge is 2.47. The van der Waals surface area contributed by atoms with Gasteiger partial charge in [0.25, 0.3) is 0 Å². The standard InChI is InChI=1S/C35H31N5O3S/c1-34(2,21-35(22-36)29-13-6-4-9-25(29)20-26-10-5-7-14-30(26)35)32(41)38-33-37-31(39-40-33)27-12-8-11-24(19-27)23-15-17-28(18-16-23)44(3,42)43/h4-19H,20-21H2,1-3H3,(H2,37,38,39,40,41). The van der Waals surface area contributed by atoms with E-state index in [1.54, 1.807) is 24.3 Å². The second kappa shape index (κ2) is 10.9. The van der Waals surface area contributed by atoms with E-state index in [1.165, 1.54) is 6.26 Å². The molecule has 0 bridgehead atoms. The second-order valence-corrected chi connectivity index (χ2v) is 13.9. The number of hydrogen-bond donors (Lipinski definition) is 2. The first-order valence-corrected chi connectivity index (χ1v) is 16.1. The number of sulfone groups is 1. The van der Waals surface area contributed by atoms with Crippen molar-refractivity contribution in [1.29, 1.82) is 5.26 Å². The van der Waals surface area contributed by atoms with Crippen LogP contribution in [0.15, 0.2) is 102 Å². The topological polar surface area (TPSA) is 129 Å². The van der Waals surface area contributed by atoms with Gasteiger partial charge in [-0.05, 0) is 64.4 Å². The summed E-state index contributed by atoms with van der Waals surface area (Å²) in [6.45, 7) is 3.68. The lowest BCUT2D eigenvalue weighted by molar-refractivity contribution is -0.124. The summed E-state index contributed by atoms with van der Waals surface area (Å²) in [5.41, 5.74) is 4.60. The molecule has 0 unspecified atom stereocenters. The molecule has 6 rings (SSSR count). The third-order valence-electron chi connectivity index (χ3n) is 8.31. The van der Waals surface area contributed by atoms with Crippen LogP contribution in [-0.2, 0) is 26.5 Å². The Kier molecular flexibility index (Phi) is 7.18. The lowest BCUT2D eigenvalue weighted by Crippen LogP contribution is -2.41. The predicted octanol–water partition coefficient (Wildman–Crippen LogP) is 6.31. The molecule has 0 saturated heterocycles. The number of fused-ring (bicyclic) bond motifs is 2. The lowest BCUT2D eigenvalue weighted by Gasteiger charge is -2.40. The number of nitrogens with one attached hydrogen (secondary N) is 2. The number of anilines is 1. The third-order valence-corrected chi connectivity index (χ3v) is 9.44. The number of nitriles is 1. The molecular formula is C35H31N5O3S. The molecule has 9 heteroatoms. The van der Waals surface area contributed by atoms with E-state index in [9.17, 15) is 18.5 Å². The summed E-state index contributed by atoms with van der Waals surface area (Å²) in [5.74, 6) is 0.311. The highest BCUT2D eigenvalue weighted by molar-refractivity contribution is 7.90. The summed E-state index contributed by atoms with van der Waals surface area (Å²) in [5, 5.41) is 20.7. The van der Waals surface area contributed by atoms with Gasteiger partial charge in [0, 0.05) is 17.2 Å². The first-order valence-electron chi connectivity index (χ1n) is 14.2. The van der Waals surface area contributed by atoms with Crippen LogP contribution in [0.1, 0.15) is 42.5 Å². The summed E-state index contributed by atoms with van der Waals surface area (Å²) in [6, 6.07) is 32.9. The van der Waals surface area contributed by atoms with Gasteiger partial charge in [0.15, 0.2) is 15.7 Å². The molecule has 220 valence electrons. The predicted molar refractivity (Wildman–Crippen MR) is 169 cm³/mol. The highest BCUT2D eigenvalue weighted by Crippen LogP contribution is 2.48. The number of amides is 1. The van der Waals surface area contributed by atoms with Crippen molar-refractivity contribution < 1.29 is 13.2 Å². The maximum atomic E-state index is 13.7. The lowest BCUT2D eigenvalue weighted by atomic mass is 9.61. The summed E-state index contributed by atoms with van der Waals surface area (Å²) in [6.07, 6.45) is 2.20. The number of rotatable bonds is 7. The van der Waals surface area contributed by atoms with Gasteiger partial charge in [-0.25, -0.2) is 8.42 Å². The van der Waals surface area contributed by atoms with Gasteiger partial charge >= 0.3 is 0 Å². The molecule has 5 aromatic rings. The summed E-state index contributed by atoms with van der Waals surface area (Å²) in [7, 11) is -3.28. The van der Waals surface area contributed by atoms with E-state index in [-0.39, 0.29) is 23.2 Å². The van der Waals surface area contributed by atoms with Crippen LogP contribution >= 0.6 is 0 Å². The number of carbonyl (C=O) groups excluding carboxylic acids is 1. The van der Waals surface area contributed by atoms with Gasteiger partial charge in [0.1, 0.15) is 5.41 Å². The van der Waals surface area contributed by atoms with Crippen LogP contribution in [-0.4, -0.2) is 35.8 Å². The average molecular weight is 602 g/mol. The molecular weight excluding hydrogens is 570 g/mol. The van der Waals surface area contributed by atoms with Gasteiger partial charge < -0.3 is 0 Å². The molecule has 0 fully saturated rings. The van der Waals surface area contributed by atoms with Crippen LogP contribution < -0.4 is 5.32 Å². The van der Waals surface area contributed by atoms with Crippen molar-refractivity contribution >= 4 is 21.7 Å². The quantitative estimate of drug-likeness (QED) is 0.225. The largest absolute Gasteiger partial charge is 0.293 e. The second-order valence-electron chi connectivity index (χ2n) is 11.9. The van der Waals surface area contributed by atoms with Crippen molar-refractivity contribution in [2.45, 2.75) is 37.0 Å². The van der Waals surface area contributed by atoms with E-state index in [1.807, 2.05) is 74.5 Å². The molecule has 1 amide bonds. The van der Waals surface area contributed by atoms with E-state index in [0.717, 1.165) is 45.4 Å². The maximum absolute atomic E-state index is 13.7. The molecule has 0 saturated carbocycles. The van der Waals surface area contributed by atoms with Crippen LogP contribution in [0, 0.1) is 16.7 Å². The molecule has 1 heterocycles. The third kappa shape index (κ3) is 5.29. The number of H-pyrrole nitrogens is 1. The zero-order valence-electron chi connectivity index (χ0n) is 24.6. The number of hydrogen-bond acceptors (Lipinski definition) is 6. The fourth-order valence-electron chi connectivity index (χ4n) is 6.08. The minimum absolute atomic E-state index is 0.136. The molecule has 44 heavy (non-hydrogen) atoms. The Morgan fingerprint density at radius 3 is 2.14 bits per heavy atom. The fraction of sp³-hybridized carbons (Fsp3) is 0.200. The molecule has 1 aromatic heterocycles. The van der Waals surface area contributed by atoms with E-state index in [4.69, 9.17) is 0 Å². The van der Waals surface area contributed by atoms with Crippen LogP contribution in [0.3, 0.4) is 0 Å². The Morgan fingerprint density at radius 2 is 1.52 bits per heavy atom. The number of carbonyl (C=O) groups is 1. The van der Waals surface area contributed by atoms with Crippen molar-refractivity contribution in [2.24, 2.45) is 5.41 Å². The van der Waals surface area contributed by atoms with Crippen molar-refractivity contribution in [3.05, 3.63) is 119 Å². The smallest absolute Gasteiger partial charge is 0.249 e. The van der Waals surface area contributed by atoms with Gasteiger partial charge in [0.05, 0.1) is 11.0 Å². The zero-order chi connectivity index (χ0) is 31.1. The molecule has 0 aliphatic heterocycles. The molecule has 0 atom stereocenters. The van der Waals surface area contributed by atoms with Crippen LogP contribution in [0.25, 0.3) is 22.5 Å². The van der Waals surface area contributed by atoms with Crippen LogP contribution in [0.5, 0.6) is 0 Å². The van der Waals surface area contributed by atoms with E-state index >= 15 is 0 Å². The van der Waals surface area contributed by atoms with Crippen LogP contribution in [0.4, 0.5) is 5.95 Å². The zero-order valence-corrected chi connectivity index (χ0v) is 25.4. The molecule has 1 aliphatic carbocycles. The maximum Gasteiger partial charge on any atom is 0.249 e. The number of nitrogens with zero attached hydrogens (tertiary/aromatic N) is 3. The normalized spacial score (nSPS) is 13.8. The molecule has 4 aromatic carbocycles. The minimum atomic E-state index is -3.28. The Bertz CT molecular complexity index is 1990. The molecule has 2 N–H and O–H groups in total. The number of benzene rings is 4. The fourth-order valence-corrected chi connectivity index (χ4v) is 6.71. The first-order chi connectivity index (χ1) is 21.0. The molecule has 1 aliphatic rings. The van der Waals surface area contributed by atoms with E-state index in [2.05, 4.69) is 38.7 Å². The van der Waals surface area contributed by atoms with Crippen LogP contribution in [0.2, 0.25) is 0 Å². The van der Waals surface area contributed by atoms with Crippen molar-refractivity contribution in [3.8, 4) is 28.6 Å². The summed E-state index contributed by atoms with van der Waals surface area (Å²) >= 11 is 0. The Balaban J connectivity index is 1.24. The molecule has 0 radical (unpaired) electrons. The minimum Gasteiger partial charge on any atom is -0.293 e. The van der Waals surface area contributed by atoms with E-state index < -0.39 is 20.7 Å². The Hall–Kier alpha value is -5.07. The SMILES string of the molecule is CC(C)(CC1(C#N)c2ccccc2Cc2ccccc21)C(=O)Nc1n[nH]c(-c2cccc(-c3ccc(S(C)(=O)=O)cc3)c2)n1. The first kappa shape index (κ1) is 29.0. The Labute approximate surface area is 256 Å². The van der Waals surface area contributed by atoms with Gasteiger partial charge in [-0.3, -0.25) is 15.2 Å². The van der Waals surface area contributed by atoms with Gasteiger partial charge in [-0.2, -0.15) is 10.2 Å². The monoisotopic (exact) mass is 601 g/mol. The number of aromatic nitrogens is 3. The van der Waals surface area contributed by atoms with Crippen molar-refractivity contribution in [2.75, 3.05) is 11.6 Å². The Morgan fingerprint density at radius 1 is 0.909 bits per heavy atom. The average Bonchev–Trinajstić information content (AvgIpc) is 3.49. The van der Waals surface area contributed by atoms with E-state index in [0.29, 0.717) is 5.82 Å². The summed E-state index contributed by atoms with van der Waals surface area (Å²) in [4.78, 5) is 18.5. The highest BCUT2D eigenvalue weighted by atomic mass is 32.2. The van der Waals surface area contributed by atoms with Crippen molar-refractivity contribution in [1.82, 2.24) is 15.2 Å². The molecule has 8 nitrogen and oxygen atoms in total. The van der Waals surface area contributed by atoms with Gasteiger partial charge in [0.2, 0.25) is 11.9 Å². The van der Waals surface area contributed by atoms with Gasteiger partial charge in [-0.15, -0.1) is 5.10 Å².